The zero-order chi connectivity index (χ0) is 19.8. The molecule has 0 aliphatic carbocycles. The van der Waals surface area contributed by atoms with Gasteiger partial charge in [-0.25, -0.2) is 0 Å². The molecule has 0 bridgehead atoms. The summed E-state index contributed by atoms with van der Waals surface area (Å²) in [6.45, 7) is -0.00709. The third-order valence-electron chi connectivity index (χ3n) is 4.11. The van der Waals surface area contributed by atoms with E-state index >= 15 is 0 Å². The van der Waals surface area contributed by atoms with Gasteiger partial charge in [-0.15, -0.1) is 0 Å². The molecular weight excluding hydrogens is 360 g/mol. The Balaban J connectivity index is 1.57. The van der Waals surface area contributed by atoms with Crippen molar-refractivity contribution in [1.29, 1.82) is 0 Å². The SMILES string of the molecule is O=C(O)CN(CCc1ccccc1)C(=O)CCc1nc(-c2ccccn2)no1. The molecule has 0 radical (unpaired) electrons. The van der Waals surface area contributed by atoms with Crippen LogP contribution in [0.2, 0.25) is 0 Å². The second kappa shape index (κ2) is 9.40. The monoisotopic (exact) mass is 380 g/mol. The fraction of sp³-hybridized carbons (Fsp3) is 0.250. The summed E-state index contributed by atoms with van der Waals surface area (Å²) in [5.74, 6) is -0.644. The van der Waals surface area contributed by atoms with Crippen LogP contribution >= 0.6 is 0 Å². The first-order chi connectivity index (χ1) is 13.6. The van der Waals surface area contributed by atoms with Gasteiger partial charge in [0.25, 0.3) is 0 Å². The summed E-state index contributed by atoms with van der Waals surface area (Å²) in [6, 6.07) is 15.0. The lowest BCUT2D eigenvalue weighted by Gasteiger charge is -2.20. The van der Waals surface area contributed by atoms with E-state index in [1.54, 1.807) is 18.3 Å². The molecule has 3 rings (SSSR count). The minimum Gasteiger partial charge on any atom is -0.480 e. The maximum Gasteiger partial charge on any atom is 0.323 e. The van der Waals surface area contributed by atoms with Crippen LogP contribution in [-0.2, 0) is 22.4 Å². The van der Waals surface area contributed by atoms with Gasteiger partial charge in [0, 0.05) is 25.6 Å². The fourth-order valence-corrected chi connectivity index (χ4v) is 2.69. The molecule has 2 heterocycles. The van der Waals surface area contributed by atoms with Gasteiger partial charge in [-0.1, -0.05) is 41.6 Å². The van der Waals surface area contributed by atoms with Crippen LogP contribution in [0.3, 0.4) is 0 Å². The van der Waals surface area contributed by atoms with Gasteiger partial charge < -0.3 is 14.5 Å². The minimum atomic E-state index is -1.04. The number of amides is 1. The average Bonchev–Trinajstić information content (AvgIpc) is 3.19. The molecule has 0 fully saturated rings. The number of hydrogen-bond donors (Lipinski definition) is 1. The van der Waals surface area contributed by atoms with Gasteiger partial charge in [-0.2, -0.15) is 4.98 Å². The van der Waals surface area contributed by atoms with Crippen LogP contribution in [-0.4, -0.2) is 50.1 Å². The fourth-order valence-electron chi connectivity index (χ4n) is 2.69. The number of pyridine rings is 1. The van der Waals surface area contributed by atoms with Gasteiger partial charge in [0.1, 0.15) is 12.2 Å². The van der Waals surface area contributed by atoms with E-state index in [1.165, 1.54) is 4.90 Å². The van der Waals surface area contributed by atoms with E-state index < -0.39 is 5.97 Å². The molecule has 0 aliphatic rings. The Kier molecular flexibility index (Phi) is 6.46. The Morgan fingerprint density at radius 1 is 1.04 bits per heavy atom. The van der Waals surface area contributed by atoms with E-state index in [1.807, 2.05) is 36.4 Å². The lowest BCUT2D eigenvalue weighted by atomic mass is 10.1. The van der Waals surface area contributed by atoms with Crippen LogP contribution in [0.25, 0.3) is 11.5 Å². The van der Waals surface area contributed by atoms with Crippen molar-refractivity contribution in [2.24, 2.45) is 0 Å². The van der Waals surface area contributed by atoms with Crippen molar-refractivity contribution in [3.8, 4) is 11.5 Å². The molecule has 0 saturated carbocycles. The first-order valence-electron chi connectivity index (χ1n) is 8.89. The molecule has 1 N–H and O–H groups in total. The second-order valence-electron chi connectivity index (χ2n) is 6.17. The Morgan fingerprint density at radius 3 is 2.54 bits per heavy atom. The van der Waals surface area contributed by atoms with Gasteiger partial charge in [-0.05, 0) is 24.1 Å². The maximum atomic E-state index is 12.5. The molecule has 3 aromatic rings. The highest BCUT2D eigenvalue weighted by molar-refractivity contribution is 5.81. The third-order valence-corrected chi connectivity index (χ3v) is 4.11. The summed E-state index contributed by atoms with van der Waals surface area (Å²) in [7, 11) is 0. The zero-order valence-electron chi connectivity index (χ0n) is 15.2. The Hall–Kier alpha value is -3.55. The Labute approximate surface area is 161 Å². The molecular formula is C20H20N4O4. The smallest absolute Gasteiger partial charge is 0.323 e. The van der Waals surface area contributed by atoms with Crippen LogP contribution in [0.1, 0.15) is 17.9 Å². The quantitative estimate of drug-likeness (QED) is 0.606. The van der Waals surface area contributed by atoms with Gasteiger partial charge in [0.05, 0.1) is 0 Å². The maximum absolute atomic E-state index is 12.5. The summed E-state index contributed by atoms with van der Waals surface area (Å²) in [5, 5.41) is 13.0. The molecule has 1 amide bonds. The summed E-state index contributed by atoms with van der Waals surface area (Å²) < 4.78 is 5.17. The standard InChI is InChI=1S/C20H20N4O4/c25-18(24(14-19(26)27)13-11-15-6-2-1-3-7-15)10-9-17-22-20(23-28-17)16-8-4-5-12-21-16/h1-8,12H,9-11,13-14H2,(H,26,27). The zero-order valence-corrected chi connectivity index (χ0v) is 15.2. The lowest BCUT2D eigenvalue weighted by Crippen LogP contribution is -2.37. The van der Waals surface area contributed by atoms with Gasteiger partial charge in [0.15, 0.2) is 0 Å². The number of carboxylic acids is 1. The number of carbonyl (C=O) groups excluding carboxylic acids is 1. The van der Waals surface area contributed by atoms with Gasteiger partial charge in [-0.3, -0.25) is 14.6 Å². The predicted molar refractivity (Wildman–Crippen MR) is 100 cm³/mol. The molecule has 144 valence electrons. The molecule has 1 aromatic carbocycles. The molecule has 8 nitrogen and oxygen atoms in total. The Morgan fingerprint density at radius 2 is 1.82 bits per heavy atom. The molecule has 0 unspecified atom stereocenters. The summed E-state index contributed by atoms with van der Waals surface area (Å²) >= 11 is 0. The van der Waals surface area contributed by atoms with Gasteiger partial charge >= 0.3 is 5.97 Å². The van der Waals surface area contributed by atoms with Crippen LogP contribution < -0.4 is 0 Å². The number of aliphatic carboxylic acids is 1. The number of nitrogens with zero attached hydrogens (tertiary/aromatic N) is 4. The van der Waals surface area contributed by atoms with Crippen molar-refractivity contribution in [3.63, 3.8) is 0 Å². The molecule has 0 aliphatic heterocycles. The lowest BCUT2D eigenvalue weighted by molar-refractivity contribution is -0.144. The number of carboxylic acid groups (broad SMARTS) is 1. The van der Waals surface area contributed by atoms with E-state index in [2.05, 4.69) is 15.1 Å². The Bertz CT molecular complexity index is 912. The summed E-state index contributed by atoms with van der Waals surface area (Å²) in [5.41, 5.74) is 1.63. The van der Waals surface area contributed by atoms with E-state index in [-0.39, 0.29) is 25.3 Å². The van der Waals surface area contributed by atoms with Crippen LogP contribution in [0.5, 0.6) is 0 Å². The third kappa shape index (κ3) is 5.47. The first kappa shape index (κ1) is 19.2. The highest BCUT2D eigenvalue weighted by Crippen LogP contribution is 2.13. The predicted octanol–water partition coefficient (Wildman–Crippen LogP) is 2.22. The molecule has 0 saturated heterocycles. The number of hydrogen-bond acceptors (Lipinski definition) is 6. The highest BCUT2D eigenvalue weighted by atomic mass is 16.5. The van der Waals surface area contributed by atoms with Crippen molar-refractivity contribution in [1.82, 2.24) is 20.0 Å². The molecule has 28 heavy (non-hydrogen) atoms. The number of carbonyl (C=O) groups is 2. The normalized spacial score (nSPS) is 10.6. The minimum absolute atomic E-state index is 0.0892. The topological polar surface area (TPSA) is 109 Å². The molecule has 0 spiro atoms. The number of rotatable bonds is 9. The summed E-state index contributed by atoms with van der Waals surface area (Å²) in [4.78, 5) is 33.4. The molecule has 8 heteroatoms. The first-order valence-corrected chi connectivity index (χ1v) is 8.89. The number of benzene rings is 1. The number of aryl methyl sites for hydroxylation is 1. The van der Waals surface area contributed by atoms with Gasteiger partial charge in [0.2, 0.25) is 17.6 Å². The van der Waals surface area contributed by atoms with Crippen LogP contribution in [0, 0.1) is 0 Å². The van der Waals surface area contributed by atoms with Crippen molar-refractivity contribution < 1.29 is 19.2 Å². The van der Waals surface area contributed by atoms with Crippen molar-refractivity contribution in [2.75, 3.05) is 13.1 Å². The summed E-state index contributed by atoms with van der Waals surface area (Å²) in [6.07, 6.45) is 2.54. The van der Waals surface area contributed by atoms with E-state index in [4.69, 9.17) is 9.63 Å². The van der Waals surface area contributed by atoms with Crippen molar-refractivity contribution in [2.45, 2.75) is 19.3 Å². The second-order valence-corrected chi connectivity index (χ2v) is 6.17. The van der Waals surface area contributed by atoms with E-state index in [9.17, 15) is 9.59 Å². The van der Waals surface area contributed by atoms with E-state index in [0.717, 1.165) is 5.56 Å². The molecule has 2 aromatic heterocycles. The largest absolute Gasteiger partial charge is 0.480 e. The van der Waals surface area contributed by atoms with Crippen molar-refractivity contribution >= 4 is 11.9 Å². The molecule has 0 atom stereocenters. The average molecular weight is 380 g/mol. The van der Waals surface area contributed by atoms with Crippen LogP contribution in [0.4, 0.5) is 0 Å². The van der Waals surface area contributed by atoms with Crippen LogP contribution in [0.15, 0.2) is 59.3 Å². The highest BCUT2D eigenvalue weighted by Gasteiger charge is 2.18. The van der Waals surface area contributed by atoms with Crippen molar-refractivity contribution in [3.05, 3.63) is 66.2 Å². The van der Waals surface area contributed by atoms with E-state index in [0.29, 0.717) is 30.4 Å². The number of aromatic nitrogens is 3.